The van der Waals surface area contributed by atoms with Crippen molar-refractivity contribution in [3.05, 3.63) is 11.1 Å². The predicted octanol–water partition coefficient (Wildman–Crippen LogP) is 3.24. The summed E-state index contributed by atoms with van der Waals surface area (Å²) in [5, 5.41) is 9.10. The lowest BCUT2D eigenvalue weighted by molar-refractivity contribution is -0.141. The smallest absolute Gasteiger partial charge is 0.305 e. The van der Waals surface area contributed by atoms with Crippen LogP contribution in [-0.2, 0) is 4.79 Å². The third-order valence-electron chi connectivity index (χ3n) is 3.75. The molecule has 17 heavy (non-hydrogen) atoms. The van der Waals surface area contributed by atoms with Crippen molar-refractivity contribution in [1.82, 2.24) is 4.90 Å². The molecule has 0 aliphatic heterocycles. The number of hydrogen-bond acceptors (Lipinski definition) is 2. The number of rotatable bonds is 5. The Kier molecular flexibility index (Phi) is 5.47. The number of aliphatic carboxylic acids is 1. The molecule has 3 nitrogen and oxygen atoms in total. The molecule has 0 bridgehead atoms. The minimum Gasteiger partial charge on any atom is -0.481 e. The summed E-state index contributed by atoms with van der Waals surface area (Å²) in [6.45, 7) is 2.72. The van der Waals surface area contributed by atoms with Crippen LogP contribution in [-0.4, -0.2) is 35.1 Å². The molecule has 0 aromatic heterocycles. The summed E-state index contributed by atoms with van der Waals surface area (Å²) in [4.78, 5) is 13.2. The maximum absolute atomic E-state index is 11.1. The molecule has 0 spiro atoms. The van der Waals surface area contributed by atoms with E-state index in [1.807, 2.05) is 14.0 Å². The summed E-state index contributed by atoms with van der Waals surface area (Å²) in [6.07, 6.45) is 5.66. The van der Waals surface area contributed by atoms with E-state index in [4.69, 9.17) is 16.7 Å². The van der Waals surface area contributed by atoms with E-state index >= 15 is 0 Å². The van der Waals surface area contributed by atoms with Crippen molar-refractivity contribution in [2.24, 2.45) is 0 Å². The molecule has 0 aromatic rings. The van der Waals surface area contributed by atoms with E-state index in [0.717, 1.165) is 37.8 Å². The first kappa shape index (κ1) is 14.5. The highest BCUT2D eigenvalue weighted by molar-refractivity contribution is 6.25. The fraction of sp³-hybridized carbons (Fsp3) is 0.769. The molecule has 98 valence electrons. The van der Waals surface area contributed by atoms with Crippen LogP contribution in [0.3, 0.4) is 0 Å². The molecule has 1 aliphatic rings. The van der Waals surface area contributed by atoms with Crippen LogP contribution in [0.4, 0.5) is 0 Å². The second-order valence-electron chi connectivity index (χ2n) is 5.17. The van der Waals surface area contributed by atoms with E-state index in [2.05, 4.69) is 4.90 Å². The third-order valence-corrected chi connectivity index (χ3v) is 4.12. The molecule has 1 aliphatic carbocycles. The van der Waals surface area contributed by atoms with E-state index < -0.39 is 5.97 Å². The lowest BCUT2D eigenvalue weighted by Crippen LogP contribution is -2.49. The van der Waals surface area contributed by atoms with E-state index in [1.165, 1.54) is 6.42 Å². The zero-order valence-corrected chi connectivity index (χ0v) is 11.5. The topological polar surface area (TPSA) is 40.5 Å². The third kappa shape index (κ3) is 4.00. The normalized spacial score (nSPS) is 20.6. The van der Waals surface area contributed by atoms with Crippen LogP contribution in [0.25, 0.3) is 0 Å². The first-order chi connectivity index (χ1) is 8.00. The number of carboxylic acids is 1. The van der Waals surface area contributed by atoms with Crippen molar-refractivity contribution >= 4 is 17.6 Å². The number of hydrogen-bond donors (Lipinski definition) is 1. The molecule has 1 fully saturated rings. The fourth-order valence-electron chi connectivity index (χ4n) is 2.76. The van der Waals surface area contributed by atoms with Gasteiger partial charge < -0.3 is 5.11 Å². The minimum absolute atomic E-state index is 0.175. The SMILES string of the molecule is CC(=CCl)CN(C)C1(CC(=O)O)CCCCC1. The number of likely N-dealkylation sites (N-methyl/N-ethyl adjacent to an activating group) is 1. The Hall–Kier alpha value is -0.540. The molecule has 0 unspecified atom stereocenters. The van der Waals surface area contributed by atoms with Crippen LogP contribution in [0.15, 0.2) is 11.1 Å². The van der Waals surface area contributed by atoms with Crippen LogP contribution >= 0.6 is 11.6 Å². The number of nitrogens with zero attached hydrogens (tertiary/aromatic N) is 1. The van der Waals surface area contributed by atoms with Crippen molar-refractivity contribution in [2.75, 3.05) is 13.6 Å². The van der Waals surface area contributed by atoms with Crippen molar-refractivity contribution in [1.29, 1.82) is 0 Å². The molecule has 0 atom stereocenters. The summed E-state index contributed by atoms with van der Waals surface area (Å²) >= 11 is 5.68. The monoisotopic (exact) mass is 259 g/mol. The Bertz CT molecular complexity index is 296. The summed E-state index contributed by atoms with van der Waals surface area (Å²) < 4.78 is 0. The second kappa shape index (κ2) is 6.41. The van der Waals surface area contributed by atoms with E-state index in [-0.39, 0.29) is 12.0 Å². The second-order valence-corrected chi connectivity index (χ2v) is 5.39. The maximum Gasteiger partial charge on any atom is 0.305 e. The molecule has 1 rings (SSSR count). The van der Waals surface area contributed by atoms with Gasteiger partial charge in [-0.15, -0.1) is 0 Å². The van der Waals surface area contributed by atoms with Gasteiger partial charge in [-0.2, -0.15) is 0 Å². The molecule has 4 heteroatoms. The number of halogens is 1. The average Bonchev–Trinajstić information content (AvgIpc) is 2.29. The van der Waals surface area contributed by atoms with Gasteiger partial charge in [-0.1, -0.05) is 30.9 Å². The standard InChI is InChI=1S/C13H22ClNO2/c1-11(9-14)10-15(2)13(8-12(16)17)6-4-3-5-7-13/h9H,3-8,10H2,1-2H3,(H,16,17). The van der Waals surface area contributed by atoms with Crippen LogP contribution in [0, 0.1) is 0 Å². The molecule has 1 saturated carbocycles. The van der Waals surface area contributed by atoms with Gasteiger partial charge in [-0.25, -0.2) is 0 Å². The highest BCUT2D eigenvalue weighted by Gasteiger charge is 2.37. The molecule has 0 amide bonds. The van der Waals surface area contributed by atoms with Gasteiger partial charge >= 0.3 is 5.97 Å². The number of carbonyl (C=O) groups is 1. The molecule has 0 radical (unpaired) electrons. The Morgan fingerprint density at radius 2 is 2.00 bits per heavy atom. The summed E-state index contributed by atoms with van der Waals surface area (Å²) in [6, 6.07) is 0. The highest BCUT2D eigenvalue weighted by atomic mass is 35.5. The van der Waals surface area contributed by atoms with Crippen LogP contribution in [0.5, 0.6) is 0 Å². The first-order valence-corrected chi connectivity index (χ1v) is 6.63. The van der Waals surface area contributed by atoms with E-state index in [1.54, 1.807) is 5.54 Å². The zero-order chi connectivity index (χ0) is 12.9. The maximum atomic E-state index is 11.1. The summed E-state index contributed by atoms with van der Waals surface area (Å²) in [5.41, 5.74) is 2.48. The van der Waals surface area contributed by atoms with Gasteiger partial charge in [0.2, 0.25) is 0 Å². The van der Waals surface area contributed by atoms with Crippen molar-refractivity contribution in [2.45, 2.75) is 51.0 Å². The van der Waals surface area contributed by atoms with Crippen LogP contribution < -0.4 is 0 Å². The Morgan fingerprint density at radius 3 is 2.47 bits per heavy atom. The molecular formula is C13H22ClNO2. The molecule has 0 aromatic carbocycles. The largest absolute Gasteiger partial charge is 0.481 e. The fourth-order valence-corrected chi connectivity index (χ4v) is 2.83. The zero-order valence-electron chi connectivity index (χ0n) is 10.7. The van der Waals surface area contributed by atoms with Crippen molar-refractivity contribution in [3.63, 3.8) is 0 Å². The minimum atomic E-state index is -0.703. The van der Waals surface area contributed by atoms with Crippen molar-refractivity contribution in [3.8, 4) is 0 Å². The van der Waals surface area contributed by atoms with Gasteiger partial charge in [0.1, 0.15) is 0 Å². The molecule has 0 saturated heterocycles. The lowest BCUT2D eigenvalue weighted by Gasteiger charge is -2.44. The first-order valence-electron chi connectivity index (χ1n) is 6.19. The molecule has 0 heterocycles. The Morgan fingerprint density at radius 1 is 1.41 bits per heavy atom. The van der Waals surface area contributed by atoms with Crippen molar-refractivity contribution < 1.29 is 9.90 Å². The van der Waals surface area contributed by atoms with Crippen LogP contribution in [0.1, 0.15) is 45.4 Å². The molecular weight excluding hydrogens is 238 g/mol. The predicted molar refractivity (Wildman–Crippen MR) is 70.3 cm³/mol. The van der Waals surface area contributed by atoms with Gasteiger partial charge in [0.15, 0.2) is 0 Å². The van der Waals surface area contributed by atoms with Gasteiger partial charge in [0, 0.05) is 17.6 Å². The lowest BCUT2D eigenvalue weighted by atomic mass is 9.78. The Balaban J connectivity index is 2.77. The highest BCUT2D eigenvalue weighted by Crippen LogP contribution is 2.36. The van der Waals surface area contributed by atoms with Gasteiger partial charge in [0.25, 0.3) is 0 Å². The van der Waals surface area contributed by atoms with Gasteiger partial charge in [0.05, 0.1) is 6.42 Å². The average molecular weight is 260 g/mol. The van der Waals surface area contributed by atoms with Gasteiger partial charge in [-0.05, 0) is 32.4 Å². The van der Waals surface area contributed by atoms with E-state index in [9.17, 15) is 4.79 Å². The van der Waals surface area contributed by atoms with E-state index in [0.29, 0.717) is 0 Å². The molecule has 1 N–H and O–H groups in total. The Labute approximate surface area is 108 Å². The quantitative estimate of drug-likeness (QED) is 0.824. The summed E-state index contributed by atoms with van der Waals surface area (Å²) in [5.74, 6) is -0.703. The summed E-state index contributed by atoms with van der Waals surface area (Å²) in [7, 11) is 2.01. The van der Waals surface area contributed by atoms with Gasteiger partial charge in [-0.3, -0.25) is 9.69 Å². The van der Waals surface area contributed by atoms with Crippen LogP contribution in [0.2, 0.25) is 0 Å². The number of carboxylic acid groups (broad SMARTS) is 1.